The molecule has 0 fully saturated rings. The first kappa shape index (κ1) is 11.6. The van der Waals surface area contributed by atoms with Crippen molar-refractivity contribution in [1.82, 2.24) is 0 Å². The molecule has 0 aromatic heterocycles. The molecule has 1 aromatic carbocycles. The number of ketones is 2. The number of hydrogen-bond donors (Lipinski definition) is 1. The summed E-state index contributed by atoms with van der Waals surface area (Å²) in [5.41, 5.74) is -1.66. The Bertz CT molecular complexity index is 471. The molecular formula is C12H12O5. The molecule has 1 aromatic rings. The van der Waals surface area contributed by atoms with Crippen LogP contribution in [0, 0.1) is 0 Å². The smallest absolute Gasteiger partial charge is 0.202 e. The highest BCUT2D eigenvalue weighted by Crippen LogP contribution is 2.37. The van der Waals surface area contributed by atoms with Gasteiger partial charge in [-0.15, -0.1) is 0 Å². The van der Waals surface area contributed by atoms with Crippen LogP contribution in [-0.2, 0) is 0 Å². The first-order valence-electron chi connectivity index (χ1n) is 5.01. The van der Waals surface area contributed by atoms with Gasteiger partial charge in [0.25, 0.3) is 0 Å². The molecule has 1 aliphatic carbocycles. The average Bonchev–Trinajstić information content (AvgIpc) is 2.49. The van der Waals surface area contributed by atoms with Crippen molar-refractivity contribution in [3.63, 3.8) is 0 Å². The van der Waals surface area contributed by atoms with Crippen LogP contribution in [0.15, 0.2) is 12.1 Å². The molecule has 1 aliphatic rings. The van der Waals surface area contributed by atoms with Gasteiger partial charge in [0, 0.05) is 11.1 Å². The fourth-order valence-corrected chi connectivity index (χ4v) is 1.88. The van der Waals surface area contributed by atoms with E-state index in [0.29, 0.717) is 11.5 Å². The second kappa shape index (κ2) is 3.56. The van der Waals surface area contributed by atoms with Crippen LogP contribution in [0.1, 0.15) is 27.6 Å². The number of methoxy groups -OCH3 is 2. The highest BCUT2D eigenvalue weighted by molar-refractivity contribution is 6.31. The minimum absolute atomic E-state index is 0.164. The SMILES string of the molecule is COc1cc2c(cc1OC)C(=O)C(C)(O)C2=O. The van der Waals surface area contributed by atoms with Gasteiger partial charge in [-0.3, -0.25) is 9.59 Å². The number of fused-ring (bicyclic) bond motifs is 1. The molecule has 0 atom stereocenters. The lowest BCUT2D eigenvalue weighted by atomic mass is 10.0. The molecule has 0 saturated heterocycles. The first-order valence-corrected chi connectivity index (χ1v) is 5.01. The maximum Gasteiger partial charge on any atom is 0.202 e. The number of aliphatic hydroxyl groups is 1. The van der Waals surface area contributed by atoms with Gasteiger partial charge in [0.1, 0.15) is 0 Å². The fraction of sp³-hybridized carbons (Fsp3) is 0.333. The Morgan fingerprint density at radius 1 is 1.00 bits per heavy atom. The van der Waals surface area contributed by atoms with Crippen LogP contribution < -0.4 is 9.47 Å². The van der Waals surface area contributed by atoms with Crippen LogP contribution in [-0.4, -0.2) is 36.5 Å². The molecule has 0 amide bonds. The molecular weight excluding hydrogens is 224 g/mol. The third-order valence-electron chi connectivity index (χ3n) is 2.90. The number of carbonyl (C=O) groups excluding carboxylic acids is 2. The van der Waals surface area contributed by atoms with Crippen molar-refractivity contribution in [3.8, 4) is 11.5 Å². The molecule has 90 valence electrons. The zero-order valence-corrected chi connectivity index (χ0v) is 9.73. The molecule has 0 unspecified atom stereocenters. The van der Waals surface area contributed by atoms with Gasteiger partial charge in [0.2, 0.25) is 11.6 Å². The van der Waals surface area contributed by atoms with Gasteiger partial charge in [0.05, 0.1) is 14.2 Å². The second-order valence-electron chi connectivity index (χ2n) is 3.98. The van der Waals surface area contributed by atoms with Crippen molar-refractivity contribution in [2.75, 3.05) is 14.2 Å². The number of carbonyl (C=O) groups is 2. The van der Waals surface area contributed by atoms with Crippen LogP contribution >= 0.6 is 0 Å². The van der Waals surface area contributed by atoms with E-state index in [1.807, 2.05) is 0 Å². The molecule has 0 radical (unpaired) electrons. The van der Waals surface area contributed by atoms with E-state index in [2.05, 4.69) is 0 Å². The summed E-state index contributed by atoms with van der Waals surface area (Å²) < 4.78 is 10.1. The van der Waals surface area contributed by atoms with Gasteiger partial charge in [-0.2, -0.15) is 0 Å². The summed E-state index contributed by atoms with van der Waals surface area (Å²) in [6.45, 7) is 1.19. The van der Waals surface area contributed by atoms with Crippen LogP contribution in [0.25, 0.3) is 0 Å². The predicted octanol–water partition coefficient (Wildman–Crippen LogP) is 0.834. The van der Waals surface area contributed by atoms with Gasteiger partial charge >= 0.3 is 0 Å². The zero-order valence-electron chi connectivity index (χ0n) is 9.73. The fourth-order valence-electron chi connectivity index (χ4n) is 1.88. The van der Waals surface area contributed by atoms with Crippen molar-refractivity contribution >= 4 is 11.6 Å². The highest BCUT2D eigenvalue weighted by Gasteiger charge is 2.48. The monoisotopic (exact) mass is 236 g/mol. The average molecular weight is 236 g/mol. The number of hydrogen-bond acceptors (Lipinski definition) is 5. The van der Waals surface area contributed by atoms with E-state index in [-0.39, 0.29) is 11.1 Å². The van der Waals surface area contributed by atoms with E-state index >= 15 is 0 Å². The summed E-state index contributed by atoms with van der Waals surface area (Å²) in [6.07, 6.45) is 0. The summed E-state index contributed by atoms with van der Waals surface area (Å²) in [5, 5.41) is 9.80. The van der Waals surface area contributed by atoms with Gasteiger partial charge < -0.3 is 14.6 Å². The summed E-state index contributed by atoms with van der Waals surface area (Å²) in [6, 6.07) is 2.83. The van der Waals surface area contributed by atoms with Crippen LogP contribution in [0.5, 0.6) is 11.5 Å². The van der Waals surface area contributed by atoms with Crippen LogP contribution in [0.4, 0.5) is 0 Å². The van der Waals surface area contributed by atoms with E-state index in [0.717, 1.165) is 0 Å². The maximum atomic E-state index is 11.8. The van der Waals surface area contributed by atoms with Gasteiger partial charge in [-0.1, -0.05) is 0 Å². The van der Waals surface area contributed by atoms with Crippen molar-refractivity contribution in [2.45, 2.75) is 12.5 Å². The minimum atomic E-state index is -1.99. The highest BCUT2D eigenvalue weighted by atomic mass is 16.5. The molecule has 0 bridgehead atoms. The third kappa shape index (κ3) is 1.43. The number of benzene rings is 1. The van der Waals surface area contributed by atoms with Crippen molar-refractivity contribution < 1.29 is 24.2 Å². The summed E-state index contributed by atoms with van der Waals surface area (Å²) in [4.78, 5) is 23.7. The van der Waals surface area contributed by atoms with E-state index in [9.17, 15) is 14.7 Å². The number of rotatable bonds is 2. The quantitative estimate of drug-likeness (QED) is 0.770. The van der Waals surface area contributed by atoms with E-state index in [1.165, 1.54) is 33.3 Å². The molecule has 0 saturated carbocycles. The Hall–Kier alpha value is -1.88. The number of Topliss-reactive ketones (excluding diaryl/α,β-unsaturated/α-hetero) is 2. The Kier molecular flexibility index (Phi) is 2.43. The topological polar surface area (TPSA) is 72.8 Å². The standard InChI is InChI=1S/C12H12O5/c1-12(15)10(13)6-4-8(16-2)9(17-3)5-7(6)11(12)14/h4-5,15H,1-3H3. The van der Waals surface area contributed by atoms with Crippen molar-refractivity contribution in [2.24, 2.45) is 0 Å². The zero-order chi connectivity index (χ0) is 12.8. The maximum absolute atomic E-state index is 11.8. The predicted molar refractivity (Wildman–Crippen MR) is 58.8 cm³/mol. The lowest BCUT2D eigenvalue weighted by molar-refractivity contribution is 0.0397. The van der Waals surface area contributed by atoms with E-state index in [4.69, 9.17) is 9.47 Å². The van der Waals surface area contributed by atoms with Crippen molar-refractivity contribution in [3.05, 3.63) is 23.3 Å². The molecule has 0 aliphatic heterocycles. The van der Waals surface area contributed by atoms with Crippen LogP contribution in [0.3, 0.4) is 0 Å². The summed E-state index contributed by atoms with van der Waals surface area (Å²) in [7, 11) is 2.87. The Morgan fingerprint density at radius 3 is 1.65 bits per heavy atom. The molecule has 5 nitrogen and oxygen atoms in total. The van der Waals surface area contributed by atoms with Crippen LogP contribution in [0.2, 0.25) is 0 Å². The minimum Gasteiger partial charge on any atom is -0.493 e. The lowest BCUT2D eigenvalue weighted by Gasteiger charge is -2.10. The van der Waals surface area contributed by atoms with Gasteiger partial charge in [-0.05, 0) is 19.1 Å². The van der Waals surface area contributed by atoms with Gasteiger partial charge in [-0.25, -0.2) is 0 Å². The molecule has 17 heavy (non-hydrogen) atoms. The Balaban J connectivity index is 2.68. The van der Waals surface area contributed by atoms with E-state index < -0.39 is 17.2 Å². The molecule has 1 N–H and O–H groups in total. The summed E-state index contributed by atoms with van der Waals surface area (Å²) >= 11 is 0. The summed E-state index contributed by atoms with van der Waals surface area (Å²) in [5.74, 6) is -0.521. The molecule has 0 spiro atoms. The van der Waals surface area contributed by atoms with E-state index in [1.54, 1.807) is 0 Å². The number of ether oxygens (including phenoxy) is 2. The second-order valence-corrected chi connectivity index (χ2v) is 3.98. The third-order valence-corrected chi connectivity index (χ3v) is 2.90. The van der Waals surface area contributed by atoms with Gasteiger partial charge in [0.15, 0.2) is 17.1 Å². The largest absolute Gasteiger partial charge is 0.493 e. The lowest BCUT2D eigenvalue weighted by Crippen LogP contribution is -2.37. The molecule has 2 rings (SSSR count). The normalized spacial score (nSPS) is 16.9. The Labute approximate surface area is 98.0 Å². The molecule has 0 heterocycles. The molecule has 5 heteroatoms. The van der Waals surface area contributed by atoms with Crippen molar-refractivity contribution in [1.29, 1.82) is 0 Å². The first-order chi connectivity index (χ1) is 7.93. The Morgan fingerprint density at radius 2 is 1.35 bits per heavy atom.